The highest BCUT2D eigenvalue weighted by Gasteiger charge is 2.22. The molecular weight excluding hydrogens is 414 g/mol. The predicted molar refractivity (Wildman–Crippen MR) is 130 cm³/mol. The van der Waals surface area contributed by atoms with E-state index in [0.717, 1.165) is 47.4 Å². The van der Waals surface area contributed by atoms with Gasteiger partial charge in [0.2, 0.25) is 0 Å². The first-order valence-electron chi connectivity index (χ1n) is 11.1. The molecule has 2 amide bonds. The Kier molecular flexibility index (Phi) is 5.95. The summed E-state index contributed by atoms with van der Waals surface area (Å²) in [6.07, 6.45) is 0. The summed E-state index contributed by atoms with van der Waals surface area (Å²) in [5.74, 6) is 1.37. The van der Waals surface area contributed by atoms with E-state index in [2.05, 4.69) is 44.7 Å². The third-order valence-corrected chi connectivity index (χ3v) is 6.11. The van der Waals surface area contributed by atoms with Gasteiger partial charge in [0.15, 0.2) is 5.82 Å². The van der Waals surface area contributed by atoms with Gasteiger partial charge in [-0.25, -0.2) is 4.79 Å². The lowest BCUT2D eigenvalue weighted by molar-refractivity contribution is 0.143. The van der Waals surface area contributed by atoms with Crippen molar-refractivity contribution in [2.24, 2.45) is 0 Å². The van der Waals surface area contributed by atoms with E-state index in [1.165, 1.54) is 5.56 Å². The number of anilines is 1. The third kappa shape index (κ3) is 4.54. The summed E-state index contributed by atoms with van der Waals surface area (Å²) in [6, 6.07) is 24.3. The van der Waals surface area contributed by atoms with Crippen molar-refractivity contribution in [3.05, 3.63) is 78.4 Å². The lowest BCUT2D eigenvalue weighted by Gasteiger charge is -2.34. The van der Waals surface area contributed by atoms with Crippen molar-refractivity contribution in [3.63, 3.8) is 0 Å². The molecule has 0 bridgehead atoms. The molecule has 7 heteroatoms. The van der Waals surface area contributed by atoms with Crippen molar-refractivity contribution < 1.29 is 9.53 Å². The van der Waals surface area contributed by atoms with E-state index in [-0.39, 0.29) is 6.03 Å². The van der Waals surface area contributed by atoms with Crippen LogP contribution < -0.4 is 10.1 Å². The van der Waals surface area contributed by atoms with Crippen LogP contribution in [0.3, 0.4) is 0 Å². The van der Waals surface area contributed by atoms with E-state index in [9.17, 15) is 4.79 Å². The average molecular weight is 442 g/mol. The number of carbonyl (C=O) groups is 1. The second-order valence-corrected chi connectivity index (χ2v) is 8.21. The Morgan fingerprint density at radius 3 is 2.55 bits per heavy atom. The first-order valence-corrected chi connectivity index (χ1v) is 11.1. The number of H-pyrrole nitrogens is 1. The monoisotopic (exact) mass is 441 g/mol. The normalized spacial score (nSPS) is 14.4. The number of carbonyl (C=O) groups excluding carboxylic acids is 1. The number of nitrogens with zero attached hydrogens (tertiary/aromatic N) is 3. The number of urea groups is 1. The summed E-state index contributed by atoms with van der Waals surface area (Å²) in [7, 11) is 1.67. The SMILES string of the molecule is COc1ccccc1-c1ccc2c(NC(=O)N3CCN(Cc4ccccc4)CC3)n[nH]c2c1. The lowest BCUT2D eigenvalue weighted by atomic mass is 10.0. The van der Waals surface area contributed by atoms with Gasteiger partial charge in [0.05, 0.1) is 12.6 Å². The van der Waals surface area contributed by atoms with Crippen LogP contribution in [0.15, 0.2) is 72.8 Å². The number of piperazine rings is 1. The molecule has 7 nitrogen and oxygen atoms in total. The fourth-order valence-corrected chi connectivity index (χ4v) is 4.30. The molecule has 0 atom stereocenters. The molecule has 3 aromatic carbocycles. The molecule has 1 aliphatic rings. The minimum absolute atomic E-state index is 0.114. The third-order valence-electron chi connectivity index (χ3n) is 6.11. The van der Waals surface area contributed by atoms with Crippen LogP contribution in [-0.2, 0) is 6.54 Å². The Labute approximate surface area is 193 Å². The van der Waals surface area contributed by atoms with E-state index < -0.39 is 0 Å². The van der Waals surface area contributed by atoms with Crippen molar-refractivity contribution in [1.82, 2.24) is 20.0 Å². The second-order valence-electron chi connectivity index (χ2n) is 8.21. The number of aromatic amines is 1. The van der Waals surface area contributed by atoms with Crippen molar-refractivity contribution in [2.45, 2.75) is 6.54 Å². The summed E-state index contributed by atoms with van der Waals surface area (Å²) in [5.41, 5.74) is 4.19. The van der Waals surface area contributed by atoms with Crippen LogP contribution in [0.1, 0.15) is 5.56 Å². The Hall–Kier alpha value is -3.84. The number of rotatable bonds is 5. The summed E-state index contributed by atoms with van der Waals surface area (Å²) in [6.45, 7) is 4.00. The van der Waals surface area contributed by atoms with Gasteiger partial charge in [0, 0.05) is 43.7 Å². The minimum atomic E-state index is -0.114. The quantitative estimate of drug-likeness (QED) is 0.475. The minimum Gasteiger partial charge on any atom is -0.496 e. The maximum Gasteiger partial charge on any atom is 0.323 e. The van der Waals surface area contributed by atoms with E-state index in [0.29, 0.717) is 18.9 Å². The maximum atomic E-state index is 12.9. The molecule has 0 radical (unpaired) electrons. The number of para-hydroxylation sites is 1. The van der Waals surface area contributed by atoms with Crippen LogP contribution in [0.5, 0.6) is 5.75 Å². The van der Waals surface area contributed by atoms with Crippen LogP contribution in [-0.4, -0.2) is 59.3 Å². The van der Waals surface area contributed by atoms with Crippen LogP contribution in [0.25, 0.3) is 22.0 Å². The zero-order chi connectivity index (χ0) is 22.6. The Balaban J connectivity index is 1.24. The van der Waals surface area contributed by atoms with Gasteiger partial charge in [-0.2, -0.15) is 5.10 Å². The molecule has 0 saturated carbocycles. The van der Waals surface area contributed by atoms with Gasteiger partial charge >= 0.3 is 6.03 Å². The number of hydrogen-bond acceptors (Lipinski definition) is 4. The molecule has 1 saturated heterocycles. The summed E-state index contributed by atoms with van der Waals surface area (Å²) < 4.78 is 5.49. The molecule has 2 heterocycles. The van der Waals surface area contributed by atoms with Gasteiger partial charge in [-0.3, -0.25) is 15.3 Å². The largest absolute Gasteiger partial charge is 0.496 e. The average Bonchev–Trinajstić information content (AvgIpc) is 3.27. The number of aromatic nitrogens is 2. The summed E-state index contributed by atoms with van der Waals surface area (Å²) in [4.78, 5) is 17.1. The van der Waals surface area contributed by atoms with Crippen LogP contribution in [0, 0.1) is 0 Å². The van der Waals surface area contributed by atoms with Gasteiger partial charge in [-0.05, 0) is 29.3 Å². The Morgan fingerprint density at radius 2 is 1.76 bits per heavy atom. The van der Waals surface area contributed by atoms with Gasteiger partial charge in [0.25, 0.3) is 0 Å². The maximum absolute atomic E-state index is 12.9. The van der Waals surface area contributed by atoms with E-state index in [1.54, 1.807) is 7.11 Å². The molecule has 4 aromatic rings. The molecule has 0 aliphatic carbocycles. The molecule has 168 valence electrons. The van der Waals surface area contributed by atoms with Gasteiger partial charge < -0.3 is 9.64 Å². The van der Waals surface area contributed by atoms with E-state index >= 15 is 0 Å². The fourth-order valence-electron chi connectivity index (χ4n) is 4.30. The van der Waals surface area contributed by atoms with Crippen LogP contribution >= 0.6 is 0 Å². The fraction of sp³-hybridized carbons (Fsp3) is 0.231. The Bertz CT molecular complexity index is 1250. The van der Waals surface area contributed by atoms with Gasteiger partial charge in [-0.1, -0.05) is 54.6 Å². The summed E-state index contributed by atoms with van der Waals surface area (Å²) in [5, 5.41) is 11.3. The molecule has 1 aromatic heterocycles. The highest BCUT2D eigenvalue weighted by atomic mass is 16.5. The van der Waals surface area contributed by atoms with Crippen LogP contribution in [0.2, 0.25) is 0 Å². The van der Waals surface area contributed by atoms with Crippen molar-refractivity contribution in [1.29, 1.82) is 0 Å². The molecule has 2 N–H and O–H groups in total. The number of amides is 2. The first-order chi connectivity index (χ1) is 16.2. The number of benzene rings is 3. The topological polar surface area (TPSA) is 73.5 Å². The molecule has 0 spiro atoms. The van der Waals surface area contributed by atoms with Crippen LogP contribution in [0.4, 0.5) is 10.6 Å². The highest BCUT2D eigenvalue weighted by Crippen LogP contribution is 2.32. The number of hydrogen-bond donors (Lipinski definition) is 2. The zero-order valence-electron chi connectivity index (χ0n) is 18.6. The lowest BCUT2D eigenvalue weighted by Crippen LogP contribution is -2.49. The molecule has 1 aliphatic heterocycles. The summed E-state index contributed by atoms with van der Waals surface area (Å²) >= 11 is 0. The van der Waals surface area contributed by atoms with Crippen molar-refractivity contribution in [2.75, 3.05) is 38.6 Å². The Morgan fingerprint density at radius 1 is 1.00 bits per heavy atom. The highest BCUT2D eigenvalue weighted by molar-refractivity contribution is 6.00. The number of ether oxygens (including phenoxy) is 1. The van der Waals surface area contributed by atoms with E-state index in [1.807, 2.05) is 53.4 Å². The first kappa shape index (κ1) is 21.0. The molecule has 1 fully saturated rings. The van der Waals surface area contributed by atoms with Gasteiger partial charge in [0.1, 0.15) is 5.75 Å². The second kappa shape index (κ2) is 9.34. The molecule has 5 rings (SSSR count). The van der Waals surface area contributed by atoms with E-state index in [4.69, 9.17) is 4.74 Å². The standard InChI is InChI=1S/C26H27N5O2/c1-33-24-10-6-5-9-21(24)20-11-12-22-23(17-20)28-29-25(22)27-26(32)31-15-13-30(14-16-31)18-19-7-3-2-4-8-19/h2-12,17H,13-16,18H2,1H3,(H2,27,28,29,32). The number of fused-ring (bicyclic) bond motifs is 1. The zero-order valence-corrected chi connectivity index (χ0v) is 18.6. The van der Waals surface area contributed by atoms with Crippen molar-refractivity contribution >= 4 is 22.8 Å². The molecule has 0 unspecified atom stereocenters. The number of nitrogens with one attached hydrogen (secondary N) is 2. The smallest absolute Gasteiger partial charge is 0.323 e. The van der Waals surface area contributed by atoms with Crippen molar-refractivity contribution in [3.8, 4) is 16.9 Å². The van der Waals surface area contributed by atoms with Gasteiger partial charge in [-0.15, -0.1) is 0 Å². The predicted octanol–water partition coefficient (Wildman–Crippen LogP) is 4.59. The molecular formula is C26H27N5O2. The number of methoxy groups -OCH3 is 1. The molecule has 33 heavy (non-hydrogen) atoms.